The van der Waals surface area contributed by atoms with Gasteiger partial charge in [-0.1, -0.05) is 38.2 Å². The summed E-state index contributed by atoms with van der Waals surface area (Å²) in [5.74, 6) is -0.286. The molecular formula is C11H18O2. The van der Waals surface area contributed by atoms with Gasteiger partial charge in [-0.15, -0.1) is 0 Å². The van der Waals surface area contributed by atoms with Gasteiger partial charge >= 0.3 is 5.97 Å². The molecule has 0 spiro atoms. The van der Waals surface area contributed by atoms with E-state index in [0.717, 1.165) is 5.57 Å². The van der Waals surface area contributed by atoms with Crippen LogP contribution >= 0.6 is 0 Å². The van der Waals surface area contributed by atoms with Crippen LogP contribution in [0.5, 0.6) is 0 Å². The van der Waals surface area contributed by atoms with Crippen molar-refractivity contribution < 1.29 is 9.90 Å². The van der Waals surface area contributed by atoms with E-state index < -0.39 is 5.97 Å². The molecule has 1 unspecified atom stereocenters. The molecule has 0 aliphatic heterocycles. The van der Waals surface area contributed by atoms with Crippen molar-refractivity contribution in [3.8, 4) is 0 Å². The molecule has 0 aliphatic carbocycles. The first kappa shape index (κ1) is 11.9. The lowest BCUT2D eigenvalue weighted by molar-refractivity contribution is -0.138. The van der Waals surface area contributed by atoms with Gasteiger partial charge in [0.25, 0.3) is 0 Å². The highest BCUT2D eigenvalue weighted by Gasteiger charge is 2.13. The van der Waals surface area contributed by atoms with Gasteiger partial charge in [-0.2, -0.15) is 0 Å². The van der Waals surface area contributed by atoms with Gasteiger partial charge in [-0.3, -0.25) is 4.79 Å². The summed E-state index contributed by atoms with van der Waals surface area (Å²) in [5, 5.41) is 8.64. The number of aliphatic carboxylic acids is 1. The quantitative estimate of drug-likeness (QED) is 0.664. The highest BCUT2D eigenvalue weighted by atomic mass is 16.4. The predicted octanol–water partition coefficient (Wildman–Crippen LogP) is 2.87. The number of carboxylic acids is 1. The summed E-state index contributed by atoms with van der Waals surface area (Å²) in [5.41, 5.74) is 0.955. The van der Waals surface area contributed by atoms with Crippen molar-refractivity contribution in [3.63, 3.8) is 0 Å². The molecule has 0 heterocycles. The largest absolute Gasteiger partial charge is 0.481 e. The molecule has 74 valence electrons. The number of rotatable bonds is 5. The van der Waals surface area contributed by atoms with Gasteiger partial charge in [0.05, 0.1) is 6.42 Å². The first-order valence-corrected chi connectivity index (χ1v) is 4.49. The van der Waals surface area contributed by atoms with Crippen LogP contribution in [-0.4, -0.2) is 11.1 Å². The summed E-state index contributed by atoms with van der Waals surface area (Å²) in [6, 6.07) is 0. The molecule has 0 saturated heterocycles. The maximum Gasteiger partial charge on any atom is 0.303 e. The van der Waals surface area contributed by atoms with Crippen LogP contribution in [0.2, 0.25) is 0 Å². The van der Waals surface area contributed by atoms with Crippen LogP contribution in [0, 0.1) is 11.8 Å². The van der Waals surface area contributed by atoms with Gasteiger partial charge in [0.15, 0.2) is 0 Å². The second kappa shape index (κ2) is 5.57. The van der Waals surface area contributed by atoms with Crippen molar-refractivity contribution in [3.05, 3.63) is 24.3 Å². The first-order chi connectivity index (χ1) is 5.93. The molecular weight excluding hydrogens is 164 g/mol. The van der Waals surface area contributed by atoms with Crippen LogP contribution in [-0.2, 0) is 4.79 Å². The lowest BCUT2D eigenvalue weighted by Gasteiger charge is -2.13. The summed E-state index contributed by atoms with van der Waals surface area (Å²) >= 11 is 0. The maximum atomic E-state index is 10.5. The van der Waals surface area contributed by atoms with Gasteiger partial charge in [0.2, 0.25) is 0 Å². The van der Waals surface area contributed by atoms with Crippen molar-refractivity contribution in [2.75, 3.05) is 0 Å². The highest BCUT2D eigenvalue weighted by molar-refractivity contribution is 5.67. The number of carboxylic acid groups (broad SMARTS) is 1. The Kier molecular flexibility index (Phi) is 5.12. The zero-order valence-corrected chi connectivity index (χ0v) is 8.58. The van der Waals surface area contributed by atoms with Crippen molar-refractivity contribution in [2.45, 2.75) is 27.2 Å². The Morgan fingerprint density at radius 1 is 1.54 bits per heavy atom. The third-order valence-electron chi connectivity index (χ3n) is 1.89. The zero-order chi connectivity index (χ0) is 10.4. The van der Waals surface area contributed by atoms with Crippen LogP contribution in [0.25, 0.3) is 0 Å². The molecule has 1 N–H and O–H groups in total. The Balaban J connectivity index is 4.26. The smallest absolute Gasteiger partial charge is 0.303 e. The number of carbonyl (C=O) groups is 1. The average Bonchev–Trinajstić information content (AvgIpc) is 1.96. The second-order valence-corrected chi connectivity index (χ2v) is 3.71. The molecule has 0 aliphatic rings. The number of hydrogen-bond donors (Lipinski definition) is 1. The summed E-state index contributed by atoms with van der Waals surface area (Å²) in [6.07, 6.45) is 4.01. The average molecular weight is 182 g/mol. The molecule has 2 heteroatoms. The predicted molar refractivity (Wildman–Crippen MR) is 54.5 cm³/mol. The molecule has 0 rings (SSSR count). The number of allylic oxidation sites excluding steroid dienone is 3. The normalized spacial score (nSPS) is 13.5. The maximum absolute atomic E-state index is 10.5. The number of hydrogen-bond acceptors (Lipinski definition) is 1. The van der Waals surface area contributed by atoms with E-state index in [1.165, 1.54) is 0 Å². The minimum atomic E-state index is -0.745. The summed E-state index contributed by atoms with van der Waals surface area (Å²) in [4.78, 5) is 10.5. The van der Waals surface area contributed by atoms with Gasteiger partial charge in [-0.05, 0) is 18.8 Å². The Labute approximate surface area is 80.0 Å². The summed E-state index contributed by atoms with van der Waals surface area (Å²) < 4.78 is 0. The molecule has 0 aromatic carbocycles. The van der Waals surface area contributed by atoms with Crippen molar-refractivity contribution in [2.24, 2.45) is 11.8 Å². The van der Waals surface area contributed by atoms with E-state index >= 15 is 0 Å². The topological polar surface area (TPSA) is 37.3 Å². The van der Waals surface area contributed by atoms with Gasteiger partial charge in [0, 0.05) is 0 Å². The second-order valence-electron chi connectivity index (χ2n) is 3.71. The summed E-state index contributed by atoms with van der Waals surface area (Å²) in [6.45, 7) is 9.68. The van der Waals surface area contributed by atoms with Crippen molar-refractivity contribution >= 4 is 5.97 Å². The van der Waals surface area contributed by atoms with Gasteiger partial charge in [0.1, 0.15) is 0 Å². The van der Waals surface area contributed by atoms with Crippen LogP contribution in [0.1, 0.15) is 27.2 Å². The molecule has 0 fully saturated rings. The molecule has 0 saturated carbocycles. The van der Waals surface area contributed by atoms with E-state index in [1.807, 2.05) is 32.9 Å². The van der Waals surface area contributed by atoms with Crippen LogP contribution in [0.15, 0.2) is 24.3 Å². The molecule has 0 aromatic heterocycles. The van der Waals surface area contributed by atoms with Crippen molar-refractivity contribution in [1.29, 1.82) is 0 Å². The van der Waals surface area contributed by atoms with E-state index in [4.69, 9.17) is 5.11 Å². The third kappa shape index (κ3) is 6.14. The molecule has 0 amide bonds. The van der Waals surface area contributed by atoms with E-state index in [1.54, 1.807) is 0 Å². The molecule has 13 heavy (non-hydrogen) atoms. The lowest BCUT2D eigenvalue weighted by atomic mass is 9.92. The zero-order valence-electron chi connectivity index (χ0n) is 8.58. The van der Waals surface area contributed by atoms with Crippen molar-refractivity contribution in [1.82, 2.24) is 0 Å². The van der Waals surface area contributed by atoms with E-state index in [2.05, 4.69) is 6.58 Å². The Bertz CT molecular complexity index is 214. The van der Waals surface area contributed by atoms with E-state index in [-0.39, 0.29) is 12.3 Å². The fraction of sp³-hybridized carbons (Fsp3) is 0.545. The Morgan fingerprint density at radius 3 is 2.38 bits per heavy atom. The Morgan fingerprint density at radius 2 is 2.08 bits per heavy atom. The molecule has 0 bridgehead atoms. The molecule has 2 nitrogen and oxygen atoms in total. The SMILES string of the molecule is C=C(C)C=CC(CC(=O)O)C(C)C. The van der Waals surface area contributed by atoms with Crippen LogP contribution < -0.4 is 0 Å². The van der Waals surface area contributed by atoms with E-state index in [0.29, 0.717) is 5.92 Å². The molecule has 0 radical (unpaired) electrons. The minimum absolute atomic E-state index is 0.106. The highest BCUT2D eigenvalue weighted by Crippen LogP contribution is 2.17. The summed E-state index contributed by atoms with van der Waals surface area (Å²) in [7, 11) is 0. The van der Waals surface area contributed by atoms with Crippen LogP contribution in [0.4, 0.5) is 0 Å². The first-order valence-electron chi connectivity index (χ1n) is 4.49. The van der Waals surface area contributed by atoms with Crippen LogP contribution in [0.3, 0.4) is 0 Å². The molecule has 0 aromatic rings. The fourth-order valence-corrected chi connectivity index (χ4v) is 1.02. The monoisotopic (exact) mass is 182 g/mol. The Hall–Kier alpha value is -1.05. The minimum Gasteiger partial charge on any atom is -0.481 e. The van der Waals surface area contributed by atoms with E-state index in [9.17, 15) is 4.79 Å². The van der Waals surface area contributed by atoms with Gasteiger partial charge in [-0.25, -0.2) is 0 Å². The van der Waals surface area contributed by atoms with Gasteiger partial charge < -0.3 is 5.11 Å². The fourth-order valence-electron chi connectivity index (χ4n) is 1.02. The third-order valence-corrected chi connectivity index (χ3v) is 1.89. The molecule has 1 atom stereocenters. The lowest BCUT2D eigenvalue weighted by Crippen LogP contribution is -2.11. The standard InChI is InChI=1S/C11H18O2/c1-8(2)5-6-10(9(3)4)7-11(12)13/h5-6,9-10H,1,7H2,2-4H3,(H,12,13).